The van der Waals surface area contributed by atoms with Gasteiger partial charge in [0.05, 0.1) is 11.1 Å². The normalized spacial score (nSPS) is 10.4. The van der Waals surface area contributed by atoms with E-state index < -0.39 is 0 Å². The Morgan fingerprint density at radius 2 is 1.50 bits per heavy atom. The zero-order chi connectivity index (χ0) is 26.9. The highest BCUT2D eigenvalue weighted by atomic mass is 79.9. The third-order valence-electron chi connectivity index (χ3n) is 5.75. The smallest absolute Gasteiger partial charge is 0.258 e. The molecule has 2 N–H and O–H groups in total. The number of carbonyl (C=O) groups is 2. The number of benzene rings is 4. The highest BCUT2D eigenvalue weighted by Crippen LogP contribution is 2.26. The molecule has 0 atom stereocenters. The van der Waals surface area contributed by atoms with Crippen LogP contribution in [0.4, 0.5) is 11.4 Å². The van der Waals surface area contributed by atoms with Crippen LogP contribution in [0.2, 0.25) is 0 Å². The first-order valence-electron chi connectivity index (χ1n) is 11.9. The maximum Gasteiger partial charge on any atom is 0.258 e. The van der Waals surface area contributed by atoms with E-state index in [4.69, 9.17) is 17.0 Å². The second kappa shape index (κ2) is 13.0. The number of anilines is 2. The Kier molecular flexibility index (Phi) is 9.24. The SMILES string of the molecule is CN(C(=O)c1ccc(NC(=S)NC(=O)c2ccc(OCCc3ccccc3)c(Br)c2)cc1)c1ccccc1. The molecular formula is C30H26BrN3O3S. The standard InChI is InChI=1S/C30H26BrN3O3S/c1-34(25-10-6-3-7-11-25)29(36)22-12-15-24(16-13-22)32-30(38)33-28(35)23-14-17-27(26(31)20-23)37-19-18-21-8-4-2-5-9-21/h2-17,20H,18-19H2,1H3,(H2,32,33,35,38). The fourth-order valence-electron chi connectivity index (χ4n) is 3.68. The van der Waals surface area contributed by atoms with Gasteiger partial charge in [-0.1, -0.05) is 48.5 Å². The molecule has 2 amide bonds. The Balaban J connectivity index is 1.28. The summed E-state index contributed by atoms with van der Waals surface area (Å²) in [7, 11) is 1.73. The number of rotatable bonds is 8. The molecule has 6 nitrogen and oxygen atoms in total. The quantitative estimate of drug-likeness (QED) is 0.231. The number of para-hydroxylation sites is 1. The van der Waals surface area contributed by atoms with E-state index >= 15 is 0 Å². The highest BCUT2D eigenvalue weighted by Gasteiger charge is 2.14. The van der Waals surface area contributed by atoms with Gasteiger partial charge >= 0.3 is 0 Å². The van der Waals surface area contributed by atoms with Crippen LogP contribution in [0.25, 0.3) is 0 Å². The summed E-state index contributed by atoms with van der Waals surface area (Å²) in [6.07, 6.45) is 0.786. The van der Waals surface area contributed by atoms with Crippen molar-refractivity contribution in [2.24, 2.45) is 0 Å². The maximum atomic E-state index is 12.8. The molecule has 0 fully saturated rings. The third-order valence-corrected chi connectivity index (χ3v) is 6.57. The molecule has 0 radical (unpaired) electrons. The Bertz CT molecular complexity index is 1410. The molecule has 0 aliphatic carbocycles. The van der Waals surface area contributed by atoms with Crippen molar-refractivity contribution in [2.45, 2.75) is 6.42 Å². The number of ether oxygens (including phenoxy) is 1. The fraction of sp³-hybridized carbons (Fsp3) is 0.100. The number of carbonyl (C=O) groups excluding carboxylic acids is 2. The summed E-state index contributed by atoms with van der Waals surface area (Å²) in [6.45, 7) is 0.523. The van der Waals surface area contributed by atoms with Crippen molar-refractivity contribution in [1.29, 1.82) is 0 Å². The van der Waals surface area contributed by atoms with Gasteiger partial charge in [0.25, 0.3) is 11.8 Å². The molecule has 0 saturated heterocycles. The molecule has 0 unspecified atom stereocenters. The van der Waals surface area contributed by atoms with Crippen LogP contribution in [0.3, 0.4) is 0 Å². The number of thiocarbonyl (C=S) groups is 1. The molecule has 0 aliphatic heterocycles. The second-order valence-electron chi connectivity index (χ2n) is 8.41. The lowest BCUT2D eigenvalue weighted by molar-refractivity contribution is 0.0974. The van der Waals surface area contributed by atoms with Gasteiger partial charge in [0.15, 0.2) is 5.11 Å². The zero-order valence-corrected chi connectivity index (χ0v) is 23.1. The van der Waals surface area contributed by atoms with Gasteiger partial charge in [-0.05, 0) is 88.3 Å². The molecule has 0 bridgehead atoms. The first-order valence-corrected chi connectivity index (χ1v) is 13.1. The number of hydrogen-bond acceptors (Lipinski definition) is 4. The zero-order valence-electron chi connectivity index (χ0n) is 20.7. The summed E-state index contributed by atoms with van der Waals surface area (Å²) in [4.78, 5) is 27.1. The fourth-order valence-corrected chi connectivity index (χ4v) is 4.38. The van der Waals surface area contributed by atoms with Crippen molar-refractivity contribution in [3.05, 3.63) is 124 Å². The Hall–Kier alpha value is -4.01. The number of hydrogen-bond donors (Lipinski definition) is 2. The van der Waals surface area contributed by atoms with Crippen LogP contribution in [-0.2, 0) is 6.42 Å². The van der Waals surface area contributed by atoms with Gasteiger partial charge in [-0.15, -0.1) is 0 Å². The Morgan fingerprint density at radius 3 is 2.16 bits per heavy atom. The first-order chi connectivity index (χ1) is 18.4. The molecule has 0 aliphatic rings. The summed E-state index contributed by atoms with van der Waals surface area (Å²) in [5.74, 6) is 0.178. The maximum absolute atomic E-state index is 12.8. The minimum absolute atomic E-state index is 0.128. The van der Waals surface area contributed by atoms with Crippen LogP contribution in [0.5, 0.6) is 5.75 Å². The van der Waals surface area contributed by atoms with Crippen LogP contribution < -0.4 is 20.3 Å². The van der Waals surface area contributed by atoms with E-state index in [0.29, 0.717) is 33.6 Å². The van der Waals surface area contributed by atoms with Crippen molar-refractivity contribution in [3.8, 4) is 5.75 Å². The molecule has 192 valence electrons. The lowest BCUT2D eigenvalue weighted by Crippen LogP contribution is -2.34. The highest BCUT2D eigenvalue weighted by molar-refractivity contribution is 9.10. The molecule has 38 heavy (non-hydrogen) atoms. The van der Waals surface area contributed by atoms with Crippen molar-refractivity contribution in [1.82, 2.24) is 5.32 Å². The second-order valence-corrected chi connectivity index (χ2v) is 9.68. The summed E-state index contributed by atoms with van der Waals surface area (Å²) < 4.78 is 6.54. The van der Waals surface area contributed by atoms with Gasteiger partial charge in [0.1, 0.15) is 5.75 Å². The van der Waals surface area contributed by atoms with Gasteiger partial charge in [-0.25, -0.2) is 0 Å². The summed E-state index contributed by atoms with van der Waals surface area (Å²) >= 11 is 8.79. The van der Waals surface area contributed by atoms with E-state index in [1.54, 1.807) is 54.4 Å². The first kappa shape index (κ1) is 27.0. The summed E-state index contributed by atoms with van der Waals surface area (Å²) in [5.41, 5.74) is 3.62. The van der Waals surface area contributed by atoms with Gasteiger partial charge in [0.2, 0.25) is 0 Å². The molecule has 0 saturated carbocycles. The average molecular weight is 589 g/mol. The summed E-state index contributed by atoms with van der Waals surface area (Å²) in [6, 6.07) is 31.5. The minimum Gasteiger partial charge on any atom is -0.492 e. The third kappa shape index (κ3) is 7.27. The van der Waals surface area contributed by atoms with Gasteiger partial charge < -0.3 is 15.0 Å². The largest absolute Gasteiger partial charge is 0.492 e. The molecule has 8 heteroatoms. The van der Waals surface area contributed by atoms with Gasteiger partial charge in [-0.3, -0.25) is 14.9 Å². The lowest BCUT2D eigenvalue weighted by Gasteiger charge is -2.17. The number of halogens is 1. The lowest BCUT2D eigenvalue weighted by atomic mass is 10.1. The number of amides is 2. The monoisotopic (exact) mass is 587 g/mol. The topological polar surface area (TPSA) is 70.7 Å². The van der Waals surface area contributed by atoms with E-state index in [1.165, 1.54) is 5.56 Å². The molecule has 0 spiro atoms. The molecule has 4 aromatic carbocycles. The Labute approximate surface area is 235 Å². The van der Waals surface area contributed by atoms with Crippen molar-refractivity contribution >= 4 is 56.4 Å². The van der Waals surface area contributed by atoms with Crippen LogP contribution in [-0.4, -0.2) is 30.6 Å². The average Bonchev–Trinajstić information content (AvgIpc) is 2.94. The van der Waals surface area contributed by atoms with E-state index in [0.717, 1.165) is 12.1 Å². The summed E-state index contributed by atoms with van der Waals surface area (Å²) in [5, 5.41) is 5.80. The Morgan fingerprint density at radius 1 is 0.868 bits per heavy atom. The van der Waals surface area contributed by atoms with Crippen LogP contribution in [0, 0.1) is 0 Å². The van der Waals surface area contributed by atoms with Crippen LogP contribution in [0.15, 0.2) is 108 Å². The molecule has 0 heterocycles. The molecule has 0 aromatic heterocycles. The van der Waals surface area contributed by atoms with Crippen LogP contribution >= 0.6 is 28.1 Å². The van der Waals surface area contributed by atoms with Crippen molar-refractivity contribution in [3.63, 3.8) is 0 Å². The minimum atomic E-state index is -0.352. The van der Waals surface area contributed by atoms with Gasteiger partial charge in [0, 0.05) is 36.0 Å². The number of nitrogens with zero attached hydrogens (tertiary/aromatic N) is 1. The molecular weight excluding hydrogens is 562 g/mol. The van der Waals surface area contributed by atoms with Crippen molar-refractivity contribution < 1.29 is 14.3 Å². The van der Waals surface area contributed by atoms with E-state index in [9.17, 15) is 9.59 Å². The molecule has 4 rings (SSSR count). The van der Waals surface area contributed by atoms with E-state index in [1.807, 2.05) is 48.5 Å². The van der Waals surface area contributed by atoms with Crippen molar-refractivity contribution in [2.75, 3.05) is 23.9 Å². The van der Waals surface area contributed by atoms with E-state index in [-0.39, 0.29) is 16.9 Å². The van der Waals surface area contributed by atoms with E-state index in [2.05, 4.69) is 38.7 Å². The predicted octanol–water partition coefficient (Wildman–Crippen LogP) is 6.47. The molecule has 4 aromatic rings. The van der Waals surface area contributed by atoms with Gasteiger partial charge in [-0.2, -0.15) is 0 Å². The predicted molar refractivity (Wildman–Crippen MR) is 159 cm³/mol. The van der Waals surface area contributed by atoms with Crippen LogP contribution in [0.1, 0.15) is 26.3 Å². The number of nitrogens with one attached hydrogen (secondary N) is 2.